The van der Waals surface area contributed by atoms with Gasteiger partial charge in [0.2, 0.25) is 0 Å². The maximum atomic E-state index is 5.39. The fourth-order valence-corrected chi connectivity index (χ4v) is 1.01. The molecule has 0 aliphatic carbocycles. The van der Waals surface area contributed by atoms with Crippen LogP contribution in [-0.2, 0) is 6.42 Å². The van der Waals surface area contributed by atoms with E-state index in [9.17, 15) is 0 Å². The maximum absolute atomic E-state index is 5.39. The number of aryl methyl sites for hydroxylation is 1. The van der Waals surface area contributed by atoms with Gasteiger partial charge < -0.3 is 5.73 Å². The summed E-state index contributed by atoms with van der Waals surface area (Å²) in [5, 5.41) is 0. The summed E-state index contributed by atoms with van der Waals surface area (Å²) < 4.78 is 7.74. The number of nitrogens with two attached hydrogens (primary N) is 1. The van der Waals surface area contributed by atoms with Crippen LogP contribution in [0.3, 0.4) is 0 Å². The first-order valence-corrected chi connectivity index (χ1v) is 3.14. The fraction of sp³-hybridized carbons (Fsp3) is 0.500. The number of hydrogen-bond acceptors (Lipinski definition) is 4. The second-order valence-electron chi connectivity index (χ2n) is 1.45. The Kier molecular flexibility index (Phi) is 1.43. The SMILES string of the molecule is CCc1nsnc1N. The van der Waals surface area contributed by atoms with E-state index < -0.39 is 0 Å². The average molecular weight is 129 g/mol. The smallest absolute Gasteiger partial charge is 0.160 e. The summed E-state index contributed by atoms with van der Waals surface area (Å²) >= 11 is 1.17. The van der Waals surface area contributed by atoms with E-state index >= 15 is 0 Å². The molecule has 0 amide bonds. The van der Waals surface area contributed by atoms with Crippen LogP contribution in [0.15, 0.2) is 0 Å². The summed E-state index contributed by atoms with van der Waals surface area (Å²) in [6, 6.07) is 0. The van der Waals surface area contributed by atoms with Gasteiger partial charge in [0.25, 0.3) is 0 Å². The highest BCUT2D eigenvalue weighted by Gasteiger charge is 1.97. The highest BCUT2D eigenvalue weighted by molar-refractivity contribution is 6.99. The van der Waals surface area contributed by atoms with E-state index in [0.717, 1.165) is 12.1 Å². The average Bonchev–Trinajstić information content (AvgIpc) is 2.14. The highest BCUT2D eigenvalue weighted by Crippen LogP contribution is 2.06. The molecule has 0 saturated carbocycles. The number of nitrogens with zero attached hydrogens (tertiary/aromatic N) is 2. The molecule has 1 aromatic heterocycles. The lowest BCUT2D eigenvalue weighted by Crippen LogP contribution is -1.89. The Bertz CT molecular complexity index is 172. The van der Waals surface area contributed by atoms with Crippen LogP contribution >= 0.6 is 11.7 Å². The summed E-state index contributed by atoms with van der Waals surface area (Å²) in [5.74, 6) is 0.581. The molecule has 44 valence electrons. The zero-order valence-corrected chi connectivity index (χ0v) is 5.40. The second kappa shape index (κ2) is 2.09. The van der Waals surface area contributed by atoms with E-state index in [1.54, 1.807) is 0 Å². The van der Waals surface area contributed by atoms with Crippen LogP contribution in [0.1, 0.15) is 12.6 Å². The van der Waals surface area contributed by atoms with Crippen LogP contribution in [0.5, 0.6) is 0 Å². The van der Waals surface area contributed by atoms with Crippen molar-refractivity contribution in [3.05, 3.63) is 5.69 Å². The molecule has 0 aromatic carbocycles. The first kappa shape index (κ1) is 5.50. The molecule has 0 radical (unpaired) electrons. The minimum absolute atomic E-state index is 0.581. The first-order chi connectivity index (χ1) is 3.84. The van der Waals surface area contributed by atoms with Crippen LogP contribution in [0.2, 0.25) is 0 Å². The van der Waals surface area contributed by atoms with Crippen LogP contribution in [0, 0.1) is 0 Å². The van der Waals surface area contributed by atoms with Crippen molar-refractivity contribution in [1.82, 2.24) is 8.75 Å². The lowest BCUT2D eigenvalue weighted by molar-refractivity contribution is 1.09. The molecule has 8 heavy (non-hydrogen) atoms. The van der Waals surface area contributed by atoms with Crippen molar-refractivity contribution in [3.63, 3.8) is 0 Å². The molecule has 0 spiro atoms. The number of nitrogen functional groups attached to an aromatic ring is 1. The van der Waals surface area contributed by atoms with Gasteiger partial charge in [-0.25, -0.2) is 0 Å². The van der Waals surface area contributed by atoms with Gasteiger partial charge in [0.15, 0.2) is 5.82 Å². The number of rotatable bonds is 1. The monoisotopic (exact) mass is 129 g/mol. The van der Waals surface area contributed by atoms with E-state index in [0.29, 0.717) is 5.82 Å². The van der Waals surface area contributed by atoms with Crippen LogP contribution in [0.4, 0.5) is 5.82 Å². The Hall–Kier alpha value is -0.640. The lowest BCUT2D eigenvalue weighted by atomic mass is 10.3. The third kappa shape index (κ3) is 0.790. The normalized spacial score (nSPS) is 9.62. The molecule has 1 heterocycles. The molecule has 0 saturated heterocycles. The quantitative estimate of drug-likeness (QED) is 0.606. The van der Waals surface area contributed by atoms with Gasteiger partial charge in [0.05, 0.1) is 17.4 Å². The molecule has 4 heteroatoms. The van der Waals surface area contributed by atoms with Gasteiger partial charge in [0.1, 0.15) is 0 Å². The molecular formula is C4H7N3S. The van der Waals surface area contributed by atoms with Crippen molar-refractivity contribution in [3.8, 4) is 0 Å². The van der Waals surface area contributed by atoms with E-state index in [1.807, 2.05) is 6.92 Å². The fourth-order valence-electron chi connectivity index (χ4n) is 0.459. The molecule has 3 nitrogen and oxygen atoms in total. The molecule has 0 atom stereocenters. The third-order valence-electron chi connectivity index (χ3n) is 0.921. The van der Waals surface area contributed by atoms with E-state index in [2.05, 4.69) is 8.75 Å². The van der Waals surface area contributed by atoms with E-state index in [4.69, 9.17) is 5.73 Å². The van der Waals surface area contributed by atoms with Crippen LogP contribution in [0.25, 0.3) is 0 Å². The van der Waals surface area contributed by atoms with E-state index in [1.165, 1.54) is 11.7 Å². The van der Waals surface area contributed by atoms with Gasteiger partial charge in [-0.15, -0.1) is 0 Å². The molecule has 1 rings (SSSR count). The van der Waals surface area contributed by atoms with Crippen molar-refractivity contribution < 1.29 is 0 Å². The predicted molar refractivity (Wildman–Crippen MR) is 33.7 cm³/mol. The van der Waals surface area contributed by atoms with Gasteiger partial charge in [-0.1, -0.05) is 6.92 Å². The minimum atomic E-state index is 0.581. The van der Waals surface area contributed by atoms with Gasteiger partial charge in [-0.05, 0) is 6.42 Å². The number of aromatic nitrogens is 2. The Labute approximate surface area is 51.9 Å². The second-order valence-corrected chi connectivity index (χ2v) is 1.98. The van der Waals surface area contributed by atoms with E-state index in [-0.39, 0.29) is 0 Å². The molecule has 0 aliphatic heterocycles. The van der Waals surface area contributed by atoms with Gasteiger partial charge >= 0.3 is 0 Å². The summed E-state index contributed by atoms with van der Waals surface area (Å²) in [4.78, 5) is 0. The zero-order valence-electron chi connectivity index (χ0n) is 4.59. The highest BCUT2D eigenvalue weighted by atomic mass is 32.1. The topological polar surface area (TPSA) is 51.8 Å². The molecule has 0 bridgehead atoms. The molecular weight excluding hydrogens is 122 g/mol. The summed E-state index contributed by atoms with van der Waals surface area (Å²) in [5.41, 5.74) is 6.30. The van der Waals surface area contributed by atoms with Crippen molar-refractivity contribution in [2.75, 3.05) is 5.73 Å². The van der Waals surface area contributed by atoms with Gasteiger partial charge in [0, 0.05) is 0 Å². The summed E-state index contributed by atoms with van der Waals surface area (Å²) in [7, 11) is 0. The Morgan fingerprint density at radius 3 is 2.62 bits per heavy atom. The Morgan fingerprint density at radius 1 is 1.62 bits per heavy atom. The molecule has 0 fully saturated rings. The predicted octanol–water partition coefficient (Wildman–Crippen LogP) is 0.683. The van der Waals surface area contributed by atoms with Crippen molar-refractivity contribution in [1.29, 1.82) is 0 Å². The van der Waals surface area contributed by atoms with Gasteiger partial charge in [-0.2, -0.15) is 8.75 Å². The molecule has 0 unspecified atom stereocenters. The standard InChI is InChI=1S/C4H7N3S/c1-2-3-4(5)7-8-6-3/h2H2,1H3,(H2,5,7). The minimum Gasteiger partial charge on any atom is -0.381 e. The molecule has 0 aliphatic rings. The van der Waals surface area contributed by atoms with Crippen molar-refractivity contribution in [2.45, 2.75) is 13.3 Å². The number of hydrogen-bond donors (Lipinski definition) is 1. The third-order valence-corrected chi connectivity index (χ3v) is 1.50. The van der Waals surface area contributed by atoms with Crippen LogP contribution < -0.4 is 5.73 Å². The molecule has 1 aromatic rings. The van der Waals surface area contributed by atoms with Crippen molar-refractivity contribution in [2.24, 2.45) is 0 Å². The summed E-state index contributed by atoms with van der Waals surface area (Å²) in [6.45, 7) is 2.01. The first-order valence-electron chi connectivity index (χ1n) is 2.41. The maximum Gasteiger partial charge on any atom is 0.160 e. The zero-order chi connectivity index (χ0) is 5.98. The van der Waals surface area contributed by atoms with Crippen LogP contribution in [-0.4, -0.2) is 8.75 Å². The Balaban J connectivity index is 2.92. The lowest BCUT2D eigenvalue weighted by Gasteiger charge is -1.83. The Morgan fingerprint density at radius 2 is 2.38 bits per heavy atom. The van der Waals surface area contributed by atoms with Gasteiger partial charge in [-0.3, -0.25) is 0 Å². The van der Waals surface area contributed by atoms with Crippen molar-refractivity contribution >= 4 is 17.5 Å². The number of anilines is 1. The largest absolute Gasteiger partial charge is 0.381 e. The summed E-state index contributed by atoms with van der Waals surface area (Å²) in [6.07, 6.45) is 0.877. The molecule has 2 N–H and O–H groups in total.